The fourth-order valence-corrected chi connectivity index (χ4v) is 2.38. The highest BCUT2D eigenvalue weighted by atomic mass is 16.3. The van der Waals surface area contributed by atoms with Gasteiger partial charge in [-0.1, -0.05) is 6.92 Å². The minimum atomic E-state index is -0.423. The van der Waals surface area contributed by atoms with Crippen LogP contribution in [0.3, 0.4) is 0 Å². The van der Waals surface area contributed by atoms with Crippen LogP contribution < -0.4 is 4.90 Å². The molecule has 100 valence electrons. The molecule has 1 fully saturated rings. The van der Waals surface area contributed by atoms with Gasteiger partial charge < -0.3 is 10.0 Å². The van der Waals surface area contributed by atoms with Crippen LogP contribution in [0.15, 0.2) is 18.3 Å². The molecule has 0 amide bonds. The third-order valence-electron chi connectivity index (χ3n) is 3.49. The van der Waals surface area contributed by atoms with Crippen molar-refractivity contribution in [2.45, 2.75) is 26.4 Å². The Kier molecular flexibility index (Phi) is 4.55. The van der Waals surface area contributed by atoms with E-state index in [2.05, 4.69) is 21.7 Å². The van der Waals surface area contributed by atoms with E-state index in [0.717, 1.165) is 37.6 Å². The molecule has 4 nitrogen and oxygen atoms in total. The van der Waals surface area contributed by atoms with Crippen molar-refractivity contribution in [3.8, 4) is 0 Å². The number of hydrogen-bond donors (Lipinski definition) is 1. The van der Waals surface area contributed by atoms with Crippen LogP contribution in [0.4, 0.5) is 5.82 Å². The van der Waals surface area contributed by atoms with E-state index >= 15 is 0 Å². The van der Waals surface area contributed by atoms with Gasteiger partial charge in [0.05, 0.1) is 6.10 Å². The molecule has 1 aromatic heterocycles. The van der Waals surface area contributed by atoms with Gasteiger partial charge in [0.15, 0.2) is 0 Å². The van der Waals surface area contributed by atoms with Crippen LogP contribution in [-0.2, 0) is 0 Å². The number of anilines is 1. The van der Waals surface area contributed by atoms with E-state index in [9.17, 15) is 5.11 Å². The lowest BCUT2D eigenvalue weighted by Gasteiger charge is -2.35. The summed E-state index contributed by atoms with van der Waals surface area (Å²) in [6.07, 6.45) is 2.58. The minimum Gasteiger partial charge on any atom is -0.389 e. The van der Waals surface area contributed by atoms with Crippen molar-refractivity contribution < 1.29 is 5.11 Å². The van der Waals surface area contributed by atoms with Crippen molar-refractivity contribution in [3.63, 3.8) is 0 Å². The molecule has 0 saturated carbocycles. The number of aliphatic hydroxyl groups is 1. The molecule has 1 atom stereocenters. The number of aromatic nitrogens is 1. The van der Waals surface area contributed by atoms with Crippen LogP contribution >= 0.6 is 0 Å². The second-order valence-electron chi connectivity index (χ2n) is 4.95. The van der Waals surface area contributed by atoms with Crippen LogP contribution in [0.1, 0.15) is 31.9 Å². The molecule has 1 aromatic rings. The van der Waals surface area contributed by atoms with Crippen LogP contribution in [0.2, 0.25) is 0 Å². The maximum atomic E-state index is 9.60. The normalized spacial score (nSPS) is 18.9. The maximum Gasteiger partial charge on any atom is 0.128 e. The van der Waals surface area contributed by atoms with Gasteiger partial charge in [-0.05, 0) is 37.6 Å². The standard InChI is InChI=1S/C14H23N3O/c1-3-6-16-7-9-17(10-8-16)14-11-13(12(2)18)4-5-15-14/h4-5,11-12,18H,3,6-10H2,1-2H3/t12-/m0/s1. The second kappa shape index (κ2) is 6.16. The lowest BCUT2D eigenvalue weighted by molar-refractivity contribution is 0.199. The molecule has 1 saturated heterocycles. The van der Waals surface area contributed by atoms with E-state index in [4.69, 9.17) is 0 Å². The summed E-state index contributed by atoms with van der Waals surface area (Å²) in [6, 6.07) is 3.88. The van der Waals surface area contributed by atoms with Gasteiger partial charge in [0.1, 0.15) is 5.82 Å². The van der Waals surface area contributed by atoms with Crippen molar-refractivity contribution in [1.82, 2.24) is 9.88 Å². The second-order valence-corrected chi connectivity index (χ2v) is 4.95. The summed E-state index contributed by atoms with van der Waals surface area (Å²) in [7, 11) is 0. The monoisotopic (exact) mass is 249 g/mol. The SMILES string of the molecule is CCCN1CCN(c2cc([C@H](C)O)ccn2)CC1. The maximum absolute atomic E-state index is 9.60. The first-order valence-electron chi connectivity index (χ1n) is 6.82. The van der Waals surface area contributed by atoms with Crippen LogP contribution in [0.5, 0.6) is 0 Å². The summed E-state index contributed by atoms with van der Waals surface area (Å²) < 4.78 is 0. The van der Waals surface area contributed by atoms with Gasteiger partial charge in [-0.15, -0.1) is 0 Å². The van der Waals surface area contributed by atoms with Gasteiger partial charge in [0.2, 0.25) is 0 Å². The van der Waals surface area contributed by atoms with E-state index in [1.807, 2.05) is 12.1 Å². The van der Waals surface area contributed by atoms with E-state index in [1.54, 1.807) is 13.1 Å². The zero-order valence-corrected chi connectivity index (χ0v) is 11.3. The Labute approximate surface area is 109 Å². The first-order valence-corrected chi connectivity index (χ1v) is 6.82. The lowest BCUT2D eigenvalue weighted by Crippen LogP contribution is -2.46. The Morgan fingerprint density at radius 2 is 2.06 bits per heavy atom. The van der Waals surface area contributed by atoms with Gasteiger partial charge in [-0.2, -0.15) is 0 Å². The Morgan fingerprint density at radius 3 is 2.67 bits per heavy atom. The summed E-state index contributed by atoms with van der Waals surface area (Å²) in [5.41, 5.74) is 0.941. The molecule has 18 heavy (non-hydrogen) atoms. The minimum absolute atomic E-state index is 0.423. The van der Waals surface area contributed by atoms with E-state index in [-0.39, 0.29) is 0 Å². The topological polar surface area (TPSA) is 39.6 Å². The highest BCUT2D eigenvalue weighted by Crippen LogP contribution is 2.19. The van der Waals surface area contributed by atoms with Crippen molar-refractivity contribution in [2.75, 3.05) is 37.6 Å². The average molecular weight is 249 g/mol. The summed E-state index contributed by atoms with van der Waals surface area (Å²) in [5.74, 6) is 0.990. The first-order chi connectivity index (χ1) is 8.70. The quantitative estimate of drug-likeness (QED) is 0.881. The molecular weight excluding hydrogens is 226 g/mol. The Bertz CT molecular complexity index is 373. The predicted octanol–water partition coefficient (Wildman–Crippen LogP) is 1.67. The molecule has 4 heteroatoms. The molecule has 0 aliphatic carbocycles. The molecular formula is C14H23N3O. The van der Waals surface area contributed by atoms with Crippen LogP contribution in [0, 0.1) is 0 Å². The third-order valence-corrected chi connectivity index (χ3v) is 3.49. The molecule has 2 heterocycles. The fraction of sp³-hybridized carbons (Fsp3) is 0.643. The summed E-state index contributed by atoms with van der Waals surface area (Å²) in [4.78, 5) is 9.21. The number of aliphatic hydroxyl groups excluding tert-OH is 1. The smallest absolute Gasteiger partial charge is 0.128 e. The first kappa shape index (κ1) is 13.3. The predicted molar refractivity (Wildman–Crippen MR) is 73.8 cm³/mol. The van der Waals surface area contributed by atoms with Gasteiger partial charge in [-0.3, -0.25) is 4.90 Å². The van der Waals surface area contributed by atoms with Gasteiger partial charge in [0.25, 0.3) is 0 Å². The molecule has 1 aliphatic heterocycles. The van der Waals surface area contributed by atoms with Gasteiger partial charge in [0, 0.05) is 32.4 Å². The van der Waals surface area contributed by atoms with Gasteiger partial charge >= 0.3 is 0 Å². The Hall–Kier alpha value is -1.13. The average Bonchev–Trinajstić information content (AvgIpc) is 2.40. The molecule has 0 radical (unpaired) electrons. The fourth-order valence-electron chi connectivity index (χ4n) is 2.38. The lowest BCUT2D eigenvalue weighted by atomic mass is 10.1. The van der Waals surface area contributed by atoms with Crippen molar-refractivity contribution in [3.05, 3.63) is 23.9 Å². The number of pyridine rings is 1. The third kappa shape index (κ3) is 3.21. The molecule has 1 N–H and O–H groups in total. The molecule has 2 rings (SSSR count). The largest absolute Gasteiger partial charge is 0.389 e. The van der Waals surface area contributed by atoms with Crippen LogP contribution in [-0.4, -0.2) is 47.7 Å². The number of nitrogens with zero attached hydrogens (tertiary/aromatic N) is 3. The molecule has 0 aromatic carbocycles. The highest BCUT2D eigenvalue weighted by molar-refractivity contribution is 5.42. The zero-order chi connectivity index (χ0) is 13.0. The zero-order valence-electron chi connectivity index (χ0n) is 11.3. The van der Waals surface area contributed by atoms with Crippen LogP contribution in [0.25, 0.3) is 0 Å². The Morgan fingerprint density at radius 1 is 1.33 bits per heavy atom. The van der Waals surface area contributed by atoms with Gasteiger partial charge in [-0.25, -0.2) is 4.98 Å². The number of rotatable bonds is 4. The van der Waals surface area contributed by atoms with E-state index < -0.39 is 6.10 Å². The van der Waals surface area contributed by atoms with E-state index in [1.165, 1.54) is 13.0 Å². The van der Waals surface area contributed by atoms with Crippen molar-refractivity contribution >= 4 is 5.82 Å². The number of piperazine rings is 1. The summed E-state index contributed by atoms with van der Waals surface area (Å²) in [6.45, 7) is 9.46. The summed E-state index contributed by atoms with van der Waals surface area (Å²) >= 11 is 0. The molecule has 0 unspecified atom stereocenters. The Balaban J connectivity index is 1.98. The summed E-state index contributed by atoms with van der Waals surface area (Å²) in [5, 5.41) is 9.60. The van der Waals surface area contributed by atoms with Crippen molar-refractivity contribution in [1.29, 1.82) is 0 Å². The van der Waals surface area contributed by atoms with Crippen molar-refractivity contribution in [2.24, 2.45) is 0 Å². The molecule has 1 aliphatic rings. The number of hydrogen-bond acceptors (Lipinski definition) is 4. The molecule has 0 bridgehead atoms. The van der Waals surface area contributed by atoms with E-state index in [0.29, 0.717) is 0 Å². The molecule has 0 spiro atoms. The highest BCUT2D eigenvalue weighted by Gasteiger charge is 2.17.